The number of anilines is 1. The molecule has 1 heterocycles. The van der Waals surface area contributed by atoms with Crippen molar-refractivity contribution in [2.75, 3.05) is 31.1 Å². The molecule has 114 valence electrons. The highest BCUT2D eigenvalue weighted by Gasteiger charge is 2.33. The second-order valence-corrected chi connectivity index (χ2v) is 5.06. The number of aliphatic hydroxyl groups excluding tert-OH is 1. The lowest BCUT2D eigenvalue weighted by Gasteiger charge is -2.36. The van der Waals surface area contributed by atoms with Crippen LogP contribution in [0.25, 0.3) is 0 Å². The van der Waals surface area contributed by atoms with Crippen molar-refractivity contribution in [3.05, 3.63) is 29.8 Å². The molecule has 0 bridgehead atoms. The highest BCUT2D eigenvalue weighted by Crippen LogP contribution is 2.30. The van der Waals surface area contributed by atoms with Gasteiger partial charge in [0.1, 0.15) is 0 Å². The Balaban J connectivity index is 2.32. The smallest absolute Gasteiger partial charge is 0.324 e. The Labute approximate surface area is 123 Å². The third-order valence-corrected chi connectivity index (χ3v) is 3.75. The average molecular weight is 292 g/mol. The lowest BCUT2D eigenvalue weighted by atomic mass is 9.93. The van der Waals surface area contributed by atoms with Gasteiger partial charge in [-0.05, 0) is 25.0 Å². The fourth-order valence-electron chi connectivity index (χ4n) is 2.62. The maximum atomic E-state index is 12.6. The van der Waals surface area contributed by atoms with E-state index in [1.807, 2.05) is 31.2 Å². The molecule has 0 spiro atoms. The van der Waals surface area contributed by atoms with Gasteiger partial charge in [0, 0.05) is 25.3 Å². The van der Waals surface area contributed by atoms with Crippen LogP contribution in [0.5, 0.6) is 0 Å². The van der Waals surface area contributed by atoms with Crippen LogP contribution in [0.1, 0.15) is 12.5 Å². The number of benzene rings is 1. The molecule has 0 saturated heterocycles. The number of hydrogen-bond donors (Lipinski definition) is 2. The number of carbonyl (C=O) groups is 2. The highest BCUT2D eigenvalue weighted by molar-refractivity contribution is 5.94. The van der Waals surface area contributed by atoms with E-state index < -0.39 is 11.9 Å². The quantitative estimate of drug-likeness (QED) is 0.873. The molecule has 2 N–H and O–H groups in total. The first-order valence-corrected chi connectivity index (χ1v) is 7.06. The number of nitrogens with zero attached hydrogens (tertiary/aromatic N) is 2. The summed E-state index contributed by atoms with van der Waals surface area (Å²) < 4.78 is 0. The van der Waals surface area contributed by atoms with Crippen LogP contribution in [-0.4, -0.2) is 53.4 Å². The zero-order chi connectivity index (χ0) is 15.4. The van der Waals surface area contributed by atoms with E-state index >= 15 is 0 Å². The molecule has 6 nitrogen and oxygen atoms in total. The standard InChI is InChI=1S/C15H20N2O4/c1-2-16(7-8-18)15(21)17-10-12(14(19)20)9-11-5-3-4-6-13(11)17/h3-6,12,18H,2,7-10H2,1H3,(H,19,20). The van der Waals surface area contributed by atoms with Crippen LogP contribution >= 0.6 is 0 Å². The number of likely N-dealkylation sites (N-methyl/N-ethyl adjacent to an activating group) is 1. The summed E-state index contributed by atoms with van der Waals surface area (Å²) in [5.74, 6) is -1.50. The first kappa shape index (κ1) is 15.3. The van der Waals surface area contributed by atoms with E-state index in [1.165, 1.54) is 9.80 Å². The molecular weight excluding hydrogens is 272 g/mol. The Morgan fingerprint density at radius 1 is 1.38 bits per heavy atom. The average Bonchev–Trinajstić information content (AvgIpc) is 2.50. The molecule has 1 aromatic carbocycles. The van der Waals surface area contributed by atoms with Gasteiger partial charge < -0.3 is 15.1 Å². The van der Waals surface area contributed by atoms with E-state index in [0.29, 0.717) is 13.0 Å². The van der Waals surface area contributed by atoms with Crippen molar-refractivity contribution < 1.29 is 19.8 Å². The summed E-state index contributed by atoms with van der Waals surface area (Å²) >= 11 is 0. The topological polar surface area (TPSA) is 81.1 Å². The molecule has 0 aliphatic carbocycles. The Kier molecular flexibility index (Phi) is 4.80. The number of carbonyl (C=O) groups excluding carboxylic acids is 1. The van der Waals surface area contributed by atoms with Gasteiger partial charge in [-0.2, -0.15) is 0 Å². The third kappa shape index (κ3) is 3.16. The molecule has 1 aromatic rings. The van der Waals surface area contributed by atoms with Gasteiger partial charge in [-0.15, -0.1) is 0 Å². The summed E-state index contributed by atoms with van der Waals surface area (Å²) in [5.41, 5.74) is 1.63. The number of aliphatic carboxylic acids is 1. The van der Waals surface area contributed by atoms with Crippen LogP contribution in [0.2, 0.25) is 0 Å². The van der Waals surface area contributed by atoms with Crippen LogP contribution in [0.4, 0.5) is 10.5 Å². The van der Waals surface area contributed by atoms with Crippen LogP contribution in [0.15, 0.2) is 24.3 Å². The molecule has 0 fully saturated rings. The van der Waals surface area contributed by atoms with Gasteiger partial charge in [0.25, 0.3) is 0 Å². The number of hydrogen-bond acceptors (Lipinski definition) is 3. The van der Waals surface area contributed by atoms with E-state index in [9.17, 15) is 14.7 Å². The fourth-order valence-corrected chi connectivity index (χ4v) is 2.62. The first-order valence-electron chi connectivity index (χ1n) is 7.06. The highest BCUT2D eigenvalue weighted by atomic mass is 16.4. The van der Waals surface area contributed by atoms with Crippen molar-refractivity contribution >= 4 is 17.7 Å². The van der Waals surface area contributed by atoms with E-state index in [0.717, 1.165) is 11.3 Å². The summed E-state index contributed by atoms with van der Waals surface area (Å²) in [5, 5.41) is 18.3. The molecule has 6 heteroatoms. The first-order chi connectivity index (χ1) is 10.1. The Morgan fingerprint density at radius 2 is 2.10 bits per heavy atom. The van der Waals surface area contributed by atoms with Crippen LogP contribution in [-0.2, 0) is 11.2 Å². The zero-order valence-corrected chi connectivity index (χ0v) is 12.0. The predicted octanol–water partition coefficient (Wildman–Crippen LogP) is 1.18. The summed E-state index contributed by atoms with van der Waals surface area (Å²) in [6.07, 6.45) is 0.432. The second kappa shape index (κ2) is 6.58. The van der Waals surface area contributed by atoms with Crippen LogP contribution < -0.4 is 4.90 Å². The van der Waals surface area contributed by atoms with Crippen LogP contribution in [0.3, 0.4) is 0 Å². The summed E-state index contributed by atoms with van der Waals surface area (Å²) in [6, 6.07) is 7.11. The molecular formula is C15H20N2O4. The number of fused-ring (bicyclic) bond motifs is 1. The third-order valence-electron chi connectivity index (χ3n) is 3.75. The zero-order valence-electron chi connectivity index (χ0n) is 12.0. The Bertz CT molecular complexity index is 532. The van der Waals surface area contributed by atoms with E-state index in [-0.39, 0.29) is 25.7 Å². The minimum atomic E-state index is -0.896. The molecule has 1 aliphatic heterocycles. The molecule has 2 rings (SSSR count). The van der Waals surface area contributed by atoms with Crippen molar-refractivity contribution in [2.45, 2.75) is 13.3 Å². The lowest BCUT2D eigenvalue weighted by Crippen LogP contribution is -2.49. The summed E-state index contributed by atoms with van der Waals surface area (Å²) in [7, 11) is 0. The van der Waals surface area contributed by atoms with Crippen molar-refractivity contribution in [3.63, 3.8) is 0 Å². The van der Waals surface area contributed by atoms with E-state index in [1.54, 1.807) is 0 Å². The monoisotopic (exact) mass is 292 g/mol. The number of amides is 2. The largest absolute Gasteiger partial charge is 0.481 e. The number of para-hydroxylation sites is 1. The van der Waals surface area contributed by atoms with Gasteiger partial charge in [-0.25, -0.2) is 4.79 Å². The molecule has 0 saturated carbocycles. The minimum Gasteiger partial charge on any atom is -0.481 e. The van der Waals surface area contributed by atoms with Gasteiger partial charge in [-0.3, -0.25) is 9.69 Å². The number of rotatable bonds is 4. The number of carboxylic acids is 1. The molecule has 0 aromatic heterocycles. The van der Waals surface area contributed by atoms with Gasteiger partial charge >= 0.3 is 12.0 Å². The fraction of sp³-hybridized carbons (Fsp3) is 0.467. The molecule has 1 aliphatic rings. The number of carboxylic acid groups (broad SMARTS) is 1. The summed E-state index contributed by atoms with van der Waals surface area (Å²) in [6.45, 7) is 2.59. The number of urea groups is 1. The second-order valence-electron chi connectivity index (χ2n) is 5.06. The molecule has 1 atom stereocenters. The molecule has 21 heavy (non-hydrogen) atoms. The molecule has 0 radical (unpaired) electrons. The lowest BCUT2D eigenvalue weighted by molar-refractivity contribution is -0.141. The minimum absolute atomic E-state index is 0.114. The Hall–Kier alpha value is -2.08. The van der Waals surface area contributed by atoms with E-state index in [4.69, 9.17) is 5.11 Å². The summed E-state index contributed by atoms with van der Waals surface area (Å²) in [4.78, 5) is 26.9. The van der Waals surface area contributed by atoms with Gasteiger partial charge in [-0.1, -0.05) is 18.2 Å². The van der Waals surface area contributed by atoms with Crippen molar-refractivity contribution in [2.24, 2.45) is 5.92 Å². The molecule has 2 amide bonds. The maximum absolute atomic E-state index is 12.6. The van der Waals surface area contributed by atoms with Crippen molar-refractivity contribution in [1.29, 1.82) is 0 Å². The normalized spacial score (nSPS) is 17.2. The SMILES string of the molecule is CCN(CCO)C(=O)N1CC(C(=O)O)Cc2ccccc21. The van der Waals surface area contributed by atoms with Gasteiger partial charge in [0.05, 0.1) is 12.5 Å². The maximum Gasteiger partial charge on any atom is 0.324 e. The molecule has 1 unspecified atom stereocenters. The Morgan fingerprint density at radius 3 is 2.71 bits per heavy atom. The van der Waals surface area contributed by atoms with E-state index in [2.05, 4.69) is 0 Å². The number of aliphatic hydroxyl groups is 1. The van der Waals surface area contributed by atoms with Crippen molar-refractivity contribution in [1.82, 2.24) is 4.90 Å². The predicted molar refractivity (Wildman–Crippen MR) is 78.3 cm³/mol. The van der Waals surface area contributed by atoms with Crippen molar-refractivity contribution in [3.8, 4) is 0 Å². The van der Waals surface area contributed by atoms with Gasteiger partial charge in [0.15, 0.2) is 0 Å². The van der Waals surface area contributed by atoms with Gasteiger partial charge in [0.2, 0.25) is 0 Å². The van der Waals surface area contributed by atoms with Crippen LogP contribution in [0, 0.1) is 5.92 Å².